The lowest BCUT2D eigenvalue weighted by atomic mass is 10.3. The summed E-state index contributed by atoms with van der Waals surface area (Å²) in [4.78, 5) is 22.2. The van der Waals surface area contributed by atoms with Crippen molar-refractivity contribution in [2.24, 2.45) is 0 Å². The Kier molecular flexibility index (Phi) is 2.87. The van der Waals surface area contributed by atoms with Gasteiger partial charge in [-0.05, 0) is 12.1 Å². The Morgan fingerprint density at radius 3 is 2.81 bits per heavy atom. The molecule has 0 radical (unpaired) electrons. The molecular formula is C11H12N2O3. The summed E-state index contributed by atoms with van der Waals surface area (Å²) >= 11 is 0. The van der Waals surface area contributed by atoms with Gasteiger partial charge in [0.25, 0.3) is 0 Å². The Balaban J connectivity index is 2.33. The molecule has 5 nitrogen and oxygen atoms in total. The van der Waals surface area contributed by atoms with Crippen LogP contribution in [0, 0.1) is 0 Å². The average Bonchev–Trinajstić information content (AvgIpc) is 2.62. The summed E-state index contributed by atoms with van der Waals surface area (Å²) in [5, 5.41) is 12.6. The van der Waals surface area contributed by atoms with E-state index in [1.165, 1.54) is 11.1 Å². The van der Waals surface area contributed by atoms with Crippen molar-refractivity contribution in [3.63, 3.8) is 0 Å². The van der Waals surface area contributed by atoms with Crippen LogP contribution < -0.4 is 5.01 Å². The van der Waals surface area contributed by atoms with Gasteiger partial charge in [-0.1, -0.05) is 12.1 Å². The number of rotatable bonds is 3. The summed E-state index contributed by atoms with van der Waals surface area (Å²) in [5.74, 6) is -0.0722. The monoisotopic (exact) mass is 220 g/mol. The lowest BCUT2D eigenvalue weighted by Gasteiger charge is -2.26. The van der Waals surface area contributed by atoms with Gasteiger partial charge in [0.2, 0.25) is 5.91 Å². The summed E-state index contributed by atoms with van der Waals surface area (Å²) in [6.45, 7) is 0.659. The molecule has 0 atom stereocenters. The molecule has 0 aliphatic carbocycles. The molecule has 1 N–H and O–H groups in total. The topological polar surface area (TPSA) is 60.9 Å². The fourth-order valence-electron chi connectivity index (χ4n) is 1.78. The van der Waals surface area contributed by atoms with Gasteiger partial charge in [-0.25, -0.2) is 10.0 Å². The third kappa shape index (κ3) is 1.77. The second-order valence-electron chi connectivity index (χ2n) is 3.52. The number of hydrogen-bond donors (Lipinski definition) is 1. The van der Waals surface area contributed by atoms with Crippen LogP contribution in [-0.4, -0.2) is 35.4 Å². The SMILES string of the molecule is O=CCN1CCC(=O)N1c1ccccc1O. The van der Waals surface area contributed by atoms with Crippen LogP contribution in [0.1, 0.15) is 6.42 Å². The second kappa shape index (κ2) is 4.32. The number of benzene rings is 1. The van der Waals surface area contributed by atoms with Crippen molar-refractivity contribution in [1.29, 1.82) is 0 Å². The Hall–Kier alpha value is -1.88. The molecule has 1 aromatic rings. The van der Waals surface area contributed by atoms with Gasteiger partial charge < -0.3 is 9.90 Å². The first-order chi connectivity index (χ1) is 7.74. The minimum atomic E-state index is -0.108. The molecule has 0 saturated carbocycles. The number of aldehydes is 1. The number of hydrogen-bond acceptors (Lipinski definition) is 4. The maximum Gasteiger partial charge on any atom is 0.243 e. The van der Waals surface area contributed by atoms with Crippen LogP contribution in [0.3, 0.4) is 0 Å². The normalized spacial score (nSPS) is 16.8. The maximum absolute atomic E-state index is 11.7. The van der Waals surface area contributed by atoms with Gasteiger partial charge in [0.1, 0.15) is 17.7 Å². The van der Waals surface area contributed by atoms with Crippen molar-refractivity contribution in [1.82, 2.24) is 5.01 Å². The van der Waals surface area contributed by atoms with Crippen LogP contribution in [0.5, 0.6) is 5.75 Å². The Morgan fingerprint density at radius 2 is 2.12 bits per heavy atom. The molecule has 84 valence electrons. The first-order valence-electron chi connectivity index (χ1n) is 5.03. The third-order valence-corrected chi connectivity index (χ3v) is 2.50. The standard InChI is InChI=1S/C11H12N2O3/c14-8-7-12-6-5-11(16)13(12)9-3-1-2-4-10(9)15/h1-4,8,15H,5-7H2. The molecule has 5 heteroatoms. The number of hydrazine groups is 1. The number of carbonyl (C=O) groups is 2. The molecule has 1 aliphatic rings. The van der Waals surface area contributed by atoms with Crippen LogP contribution in [0.4, 0.5) is 5.69 Å². The van der Waals surface area contributed by atoms with E-state index in [9.17, 15) is 14.7 Å². The van der Waals surface area contributed by atoms with E-state index in [0.717, 1.165) is 6.29 Å². The number of phenols is 1. The molecule has 0 unspecified atom stereocenters. The summed E-state index contributed by atoms with van der Waals surface area (Å²) in [6.07, 6.45) is 1.10. The van der Waals surface area contributed by atoms with Gasteiger partial charge in [-0.15, -0.1) is 0 Å². The zero-order valence-corrected chi connectivity index (χ0v) is 8.67. The fourth-order valence-corrected chi connectivity index (χ4v) is 1.78. The van der Waals surface area contributed by atoms with E-state index in [1.54, 1.807) is 23.2 Å². The van der Waals surface area contributed by atoms with Crippen molar-refractivity contribution in [2.45, 2.75) is 6.42 Å². The van der Waals surface area contributed by atoms with E-state index in [4.69, 9.17) is 0 Å². The molecule has 2 rings (SSSR count). The van der Waals surface area contributed by atoms with E-state index >= 15 is 0 Å². The van der Waals surface area contributed by atoms with Crippen molar-refractivity contribution < 1.29 is 14.7 Å². The first-order valence-corrected chi connectivity index (χ1v) is 5.03. The van der Waals surface area contributed by atoms with E-state index in [2.05, 4.69) is 0 Å². The second-order valence-corrected chi connectivity index (χ2v) is 3.52. The summed E-state index contributed by atoms with van der Waals surface area (Å²) < 4.78 is 0. The molecule has 1 aliphatic heterocycles. The van der Waals surface area contributed by atoms with E-state index in [0.29, 0.717) is 18.7 Å². The molecule has 16 heavy (non-hydrogen) atoms. The van der Waals surface area contributed by atoms with E-state index in [1.807, 2.05) is 0 Å². The molecule has 0 spiro atoms. The van der Waals surface area contributed by atoms with Gasteiger partial charge in [0.05, 0.1) is 6.54 Å². The van der Waals surface area contributed by atoms with Crippen molar-refractivity contribution in [3.05, 3.63) is 24.3 Å². The van der Waals surface area contributed by atoms with Gasteiger partial charge in [-0.2, -0.15) is 0 Å². The van der Waals surface area contributed by atoms with Gasteiger partial charge >= 0.3 is 0 Å². The van der Waals surface area contributed by atoms with Crippen molar-refractivity contribution in [3.8, 4) is 5.75 Å². The fraction of sp³-hybridized carbons (Fsp3) is 0.273. The molecule has 0 aromatic heterocycles. The molecule has 1 saturated heterocycles. The highest BCUT2D eigenvalue weighted by Crippen LogP contribution is 2.30. The summed E-state index contributed by atoms with van der Waals surface area (Å²) in [5.41, 5.74) is 0.423. The van der Waals surface area contributed by atoms with Crippen molar-refractivity contribution in [2.75, 3.05) is 18.1 Å². The van der Waals surface area contributed by atoms with Gasteiger partial charge in [0, 0.05) is 13.0 Å². The minimum Gasteiger partial charge on any atom is -0.506 e. The smallest absolute Gasteiger partial charge is 0.243 e. The number of nitrogens with zero attached hydrogens (tertiary/aromatic N) is 2. The summed E-state index contributed by atoms with van der Waals surface area (Å²) in [7, 11) is 0. The third-order valence-electron chi connectivity index (χ3n) is 2.50. The van der Waals surface area contributed by atoms with Crippen LogP contribution in [0.15, 0.2) is 24.3 Å². The number of phenolic OH excluding ortho intramolecular Hbond substituents is 1. The Morgan fingerprint density at radius 1 is 1.38 bits per heavy atom. The number of anilines is 1. The molecular weight excluding hydrogens is 208 g/mol. The minimum absolute atomic E-state index is 0.0358. The Bertz CT molecular complexity index is 419. The lowest BCUT2D eigenvalue weighted by molar-refractivity contribution is -0.118. The highest BCUT2D eigenvalue weighted by molar-refractivity contribution is 5.96. The summed E-state index contributed by atoms with van der Waals surface area (Å²) in [6, 6.07) is 6.58. The number of aromatic hydroxyl groups is 1. The van der Waals surface area contributed by atoms with Gasteiger partial charge in [-0.3, -0.25) is 4.79 Å². The lowest BCUT2D eigenvalue weighted by Crippen LogP contribution is -2.40. The molecule has 0 bridgehead atoms. The van der Waals surface area contributed by atoms with Crippen LogP contribution >= 0.6 is 0 Å². The maximum atomic E-state index is 11.7. The Labute approximate surface area is 92.9 Å². The zero-order chi connectivity index (χ0) is 11.5. The largest absolute Gasteiger partial charge is 0.506 e. The number of para-hydroxylation sites is 2. The highest BCUT2D eigenvalue weighted by Gasteiger charge is 2.31. The first kappa shape index (κ1) is 10.6. The van der Waals surface area contributed by atoms with E-state index < -0.39 is 0 Å². The van der Waals surface area contributed by atoms with Gasteiger partial charge in [0.15, 0.2) is 0 Å². The van der Waals surface area contributed by atoms with Crippen LogP contribution in [0.25, 0.3) is 0 Å². The predicted octanol–water partition coefficient (Wildman–Crippen LogP) is 0.545. The highest BCUT2D eigenvalue weighted by atomic mass is 16.3. The molecule has 1 fully saturated rings. The molecule has 1 heterocycles. The van der Waals surface area contributed by atoms with E-state index in [-0.39, 0.29) is 18.2 Å². The van der Waals surface area contributed by atoms with Crippen LogP contribution in [0.2, 0.25) is 0 Å². The van der Waals surface area contributed by atoms with Crippen LogP contribution in [-0.2, 0) is 9.59 Å². The predicted molar refractivity (Wildman–Crippen MR) is 57.8 cm³/mol. The quantitative estimate of drug-likeness (QED) is 0.755. The van der Waals surface area contributed by atoms with Crippen molar-refractivity contribution >= 4 is 17.9 Å². The number of carbonyl (C=O) groups excluding carboxylic acids is 2. The average molecular weight is 220 g/mol. The molecule has 1 amide bonds. The zero-order valence-electron chi connectivity index (χ0n) is 8.67. The number of amides is 1. The molecule has 1 aromatic carbocycles.